The first-order valence-electron chi connectivity index (χ1n) is 7.15. The molecule has 0 spiro atoms. The van der Waals surface area contributed by atoms with Crippen molar-refractivity contribution < 1.29 is 13.2 Å². The highest BCUT2D eigenvalue weighted by Crippen LogP contribution is 2.36. The smallest absolute Gasteiger partial charge is 0.211 e. The van der Waals surface area contributed by atoms with Crippen molar-refractivity contribution in [1.29, 1.82) is 0 Å². The highest BCUT2D eigenvalue weighted by molar-refractivity contribution is 7.88. The summed E-state index contributed by atoms with van der Waals surface area (Å²) in [5.41, 5.74) is 6.26. The molecule has 2 fully saturated rings. The molecule has 1 saturated heterocycles. The van der Waals surface area contributed by atoms with E-state index in [9.17, 15) is 8.42 Å². The van der Waals surface area contributed by atoms with Crippen LogP contribution in [0.1, 0.15) is 32.1 Å². The molecule has 6 heteroatoms. The normalized spacial score (nSPS) is 29.1. The molecule has 0 amide bonds. The van der Waals surface area contributed by atoms with Gasteiger partial charge in [-0.3, -0.25) is 0 Å². The van der Waals surface area contributed by atoms with E-state index >= 15 is 0 Å². The van der Waals surface area contributed by atoms with E-state index in [4.69, 9.17) is 10.5 Å². The zero-order valence-electron chi connectivity index (χ0n) is 11.9. The van der Waals surface area contributed by atoms with Crippen molar-refractivity contribution in [2.45, 2.75) is 44.2 Å². The Bertz CT molecular complexity index is 395. The third kappa shape index (κ3) is 4.15. The van der Waals surface area contributed by atoms with Crippen molar-refractivity contribution in [1.82, 2.24) is 4.31 Å². The Labute approximate surface area is 116 Å². The van der Waals surface area contributed by atoms with E-state index in [2.05, 4.69) is 0 Å². The first-order chi connectivity index (χ1) is 8.91. The Morgan fingerprint density at radius 3 is 2.58 bits per heavy atom. The van der Waals surface area contributed by atoms with Crippen molar-refractivity contribution >= 4 is 10.0 Å². The topological polar surface area (TPSA) is 72.6 Å². The van der Waals surface area contributed by atoms with Crippen LogP contribution in [0.25, 0.3) is 0 Å². The van der Waals surface area contributed by atoms with Crippen LogP contribution in [0.3, 0.4) is 0 Å². The molecule has 1 aliphatic carbocycles. The number of sulfonamides is 1. The van der Waals surface area contributed by atoms with Crippen molar-refractivity contribution in [3.05, 3.63) is 0 Å². The number of hydrogen-bond donors (Lipinski definition) is 1. The summed E-state index contributed by atoms with van der Waals surface area (Å²) in [6.45, 7) is 1.27. The number of hydrogen-bond acceptors (Lipinski definition) is 4. The molecule has 1 aliphatic heterocycles. The second kappa shape index (κ2) is 6.08. The Hall–Kier alpha value is -0.170. The van der Waals surface area contributed by atoms with Crippen LogP contribution in [-0.4, -0.2) is 51.3 Å². The third-order valence-corrected chi connectivity index (χ3v) is 5.61. The van der Waals surface area contributed by atoms with E-state index in [-0.39, 0.29) is 12.1 Å². The lowest BCUT2D eigenvalue weighted by atomic mass is 9.89. The lowest BCUT2D eigenvalue weighted by molar-refractivity contribution is 0.0521. The van der Waals surface area contributed by atoms with Crippen LogP contribution < -0.4 is 5.73 Å². The number of nitrogens with two attached hydrogens (primary N) is 1. The van der Waals surface area contributed by atoms with Crippen molar-refractivity contribution in [3.63, 3.8) is 0 Å². The van der Waals surface area contributed by atoms with Gasteiger partial charge in [-0.15, -0.1) is 0 Å². The predicted octanol–water partition coefficient (Wildman–Crippen LogP) is 0.800. The zero-order chi connectivity index (χ0) is 14.0. The van der Waals surface area contributed by atoms with Crippen LogP contribution in [0.15, 0.2) is 0 Å². The monoisotopic (exact) mass is 290 g/mol. The van der Waals surface area contributed by atoms with Gasteiger partial charge in [-0.25, -0.2) is 12.7 Å². The molecule has 1 heterocycles. The van der Waals surface area contributed by atoms with Gasteiger partial charge >= 0.3 is 0 Å². The Morgan fingerprint density at radius 2 is 2.05 bits per heavy atom. The second-order valence-electron chi connectivity index (χ2n) is 6.07. The largest absolute Gasteiger partial charge is 0.380 e. The van der Waals surface area contributed by atoms with Gasteiger partial charge in [0.15, 0.2) is 0 Å². The number of nitrogens with zero attached hydrogens (tertiary/aromatic N) is 1. The van der Waals surface area contributed by atoms with E-state index in [0.717, 1.165) is 19.3 Å². The highest BCUT2D eigenvalue weighted by Gasteiger charge is 2.37. The SMILES string of the molecule is COC(C(N)CC1CCCN(S(C)(=O)=O)C1)C1CC1. The lowest BCUT2D eigenvalue weighted by Gasteiger charge is -2.33. The molecule has 112 valence electrons. The maximum atomic E-state index is 11.6. The number of methoxy groups -OCH3 is 1. The van der Waals surface area contributed by atoms with Gasteiger partial charge < -0.3 is 10.5 Å². The molecule has 19 heavy (non-hydrogen) atoms. The minimum absolute atomic E-state index is 0.0296. The molecule has 3 atom stereocenters. The van der Waals surface area contributed by atoms with Crippen LogP contribution in [0.4, 0.5) is 0 Å². The lowest BCUT2D eigenvalue weighted by Crippen LogP contribution is -2.44. The summed E-state index contributed by atoms with van der Waals surface area (Å²) in [5.74, 6) is 0.990. The van der Waals surface area contributed by atoms with Crippen LogP contribution in [0.2, 0.25) is 0 Å². The van der Waals surface area contributed by atoms with Gasteiger partial charge in [0, 0.05) is 26.2 Å². The van der Waals surface area contributed by atoms with E-state index in [1.807, 2.05) is 0 Å². The molecule has 5 nitrogen and oxygen atoms in total. The molecule has 0 aromatic rings. The van der Waals surface area contributed by atoms with E-state index in [1.54, 1.807) is 11.4 Å². The molecular formula is C13H26N2O3S. The summed E-state index contributed by atoms with van der Waals surface area (Å²) in [5, 5.41) is 0. The minimum atomic E-state index is -3.06. The molecule has 0 bridgehead atoms. The standard InChI is InChI=1S/C13H26N2O3S/c1-18-13(11-5-6-11)12(14)8-10-4-3-7-15(9-10)19(2,16)17/h10-13H,3-9,14H2,1-2H3. The summed E-state index contributed by atoms with van der Waals surface area (Å²) >= 11 is 0. The van der Waals surface area contributed by atoms with Gasteiger partial charge in [0.2, 0.25) is 10.0 Å². The molecule has 2 N–H and O–H groups in total. The van der Waals surface area contributed by atoms with Crippen LogP contribution in [0.5, 0.6) is 0 Å². The Kier molecular flexibility index (Phi) is 4.87. The maximum absolute atomic E-state index is 11.6. The zero-order valence-corrected chi connectivity index (χ0v) is 12.7. The van der Waals surface area contributed by atoms with Crippen molar-refractivity contribution in [2.24, 2.45) is 17.6 Å². The fourth-order valence-corrected chi connectivity index (χ4v) is 4.12. The molecule has 3 unspecified atom stereocenters. The summed E-state index contributed by atoms with van der Waals surface area (Å²) in [6, 6.07) is 0.0296. The first-order valence-corrected chi connectivity index (χ1v) is 9.00. The minimum Gasteiger partial charge on any atom is -0.380 e. The van der Waals surface area contributed by atoms with Crippen LogP contribution in [0, 0.1) is 11.8 Å². The molecule has 2 rings (SSSR count). The quantitative estimate of drug-likeness (QED) is 0.785. The average molecular weight is 290 g/mol. The second-order valence-corrected chi connectivity index (χ2v) is 8.05. The molecule has 0 aromatic carbocycles. The third-order valence-electron chi connectivity index (χ3n) is 4.34. The molecular weight excluding hydrogens is 264 g/mol. The van der Waals surface area contributed by atoms with Gasteiger partial charge in [0.25, 0.3) is 0 Å². The van der Waals surface area contributed by atoms with Crippen LogP contribution in [-0.2, 0) is 14.8 Å². The molecule has 1 saturated carbocycles. The van der Waals surface area contributed by atoms with Gasteiger partial charge in [-0.1, -0.05) is 0 Å². The summed E-state index contributed by atoms with van der Waals surface area (Å²) in [7, 11) is -1.33. The average Bonchev–Trinajstić information content (AvgIpc) is 3.13. The molecule has 2 aliphatic rings. The Morgan fingerprint density at radius 1 is 1.37 bits per heavy atom. The fourth-order valence-electron chi connectivity index (χ4n) is 3.18. The Balaban J connectivity index is 1.87. The van der Waals surface area contributed by atoms with E-state index in [0.29, 0.717) is 24.9 Å². The summed E-state index contributed by atoms with van der Waals surface area (Å²) in [4.78, 5) is 0. The van der Waals surface area contributed by atoms with Gasteiger partial charge in [-0.2, -0.15) is 0 Å². The fraction of sp³-hybridized carbons (Fsp3) is 1.00. The molecule has 0 radical (unpaired) electrons. The van der Waals surface area contributed by atoms with Gasteiger partial charge in [-0.05, 0) is 43.9 Å². The number of piperidine rings is 1. The van der Waals surface area contributed by atoms with Gasteiger partial charge in [0.1, 0.15) is 0 Å². The van der Waals surface area contributed by atoms with Crippen molar-refractivity contribution in [3.8, 4) is 0 Å². The summed E-state index contributed by atoms with van der Waals surface area (Å²) in [6.07, 6.45) is 6.73. The predicted molar refractivity (Wildman–Crippen MR) is 75.3 cm³/mol. The number of ether oxygens (including phenoxy) is 1. The van der Waals surface area contributed by atoms with Gasteiger partial charge in [0.05, 0.1) is 12.4 Å². The maximum Gasteiger partial charge on any atom is 0.211 e. The first kappa shape index (κ1) is 15.2. The van der Waals surface area contributed by atoms with E-state index in [1.165, 1.54) is 19.1 Å². The molecule has 0 aromatic heterocycles. The number of rotatable bonds is 6. The van der Waals surface area contributed by atoms with Crippen molar-refractivity contribution in [2.75, 3.05) is 26.5 Å². The van der Waals surface area contributed by atoms with Crippen LogP contribution >= 0.6 is 0 Å². The summed E-state index contributed by atoms with van der Waals surface area (Å²) < 4.78 is 30.3. The van der Waals surface area contributed by atoms with E-state index < -0.39 is 10.0 Å². The highest BCUT2D eigenvalue weighted by atomic mass is 32.2.